The summed E-state index contributed by atoms with van der Waals surface area (Å²) in [7, 11) is 0. The molecule has 0 amide bonds. The van der Waals surface area contributed by atoms with Crippen LogP contribution in [0.3, 0.4) is 0 Å². The molecule has 0 heterocycles. The summed E-state index contributed by atoms with van der Waals surface area (Å²) in [5, 5.41) is 3.32. The van der Waals surface area contributed by atoms with Crippen LogP contribution in [-0.2, 0) is 25.5 Å². The predicted octanol–water partition coefficient (Wildman–Crippen LogP) is 3.26. The summed E-state index contributed by atoms with van der Waals surface area (Å²) in [6.07, 6.45) is 1.08. The number of esters is 1. The van der Waals surface area contributed by atoms with E-state index in [1.54, 1.807) is 6.92 Å². The fourth-order valence-corrected chi connectivity index (χ4v) is 2.27. The van der Waals surface area contributed by atoms with Gasteiger partial charge in [-0.15, -0.1) is 0 Å². The van der Waals surface area contributed by atoms with Crippen LogP contribution in [0, 0.1) is 5.92 Å². The molecule has 1 N–H and O–H groups in total. The molecular formula is C19H29NO4. The summed E-state index contributed by atoms with van der Waals surface area (Å²) in [6.45, 7) is 9.64. The van der Waals surface area contributed by atoms with Gasteiger partial charge in [-0.2, -0.15) is 0 Å². The highest BCUT2D eigenvalue weighted by Crippen LogP contribution is 2.18. The zero-order chi connectivity index (χ0) is 17.8. The quantitative estimate of drug-likeness (QED) is 0.382. The van der Waals surface area contributed by atoms with Gasteiger partial charge in [-0.3, -0.25) is 0 Å². The Balaban J connectivity index is 2.88. The van der Waals surface area contributed by atoms with Crippen LogP contribution in [0.1, 0.15) is 33.3 Å². The Hall–Kier alpha value is -1.85. The Morgan fingerprint density at radius 2 is 1.71 bits per heavy atom. The first-order chi connectivity index (χ1) is 11.6. The average molecular weight is 335 g/mol. The van der Waals surface area contributed by atoms with Crippen LogP contribution in [0.4, 0.5) is 0 Å². The smallest absolute Gasteiger partial charge is 0.332 e. The van der Waals surface area contributed by atoms with Crippen molar-refractivity contribution in [2.45, 2.75) is 40.5 Å². The van der Waals surface area contributed by atoms with Crippen molar-refractivity contribution < 1.29 is 19.0 Å². The van der Waals surface area contributed by atoms with Gasteiger partial charge in [-0.1, -0.05) is 37.3 Å². The number of carbonyl (C=O) groups excluding carboxylic acids is 1. The number of nitrogens with one attached hydrogen (secondary N) is 1. The van der Waals surface area contributed by atoms with Crippen LogP contribution in [0.5, 0.6) is 0 Å². The second-order valence-electron chi connectivity index (χ2n) is 5.26. The van der Waals surface area contributed by atoms with E-state index in [-0.39, 0.29) is 11.9 Å². The van der Waals surface area contributed by atoms with Crippen LogP contribution in [0.25, 0.3) is 0 Å². The first-order valence-electron chi connectivity index (χ1n) is 8.51. The highest BCUT2D eigenvalue weighted by molar-refractivity contribution is 5.82. The first kappa shape index (κ1) is 20.2. The van der Waals surface area contributed by atoms with Gasteiger partial charge < -0.3 is 19.5 Å². The molecule has 5 nitrogen and oxygen atoms in total. The Bertz CT molecular complexity index is 495. The Labute approximate surface area is 145 Å². The molecule has 1 atom stereocenters. The zero-order valence-corrected chi connectivity index (χ0v) is 15.1. The molecule has 0 aliphatic rings. The van der Waals surface area contributed by atoms with E-state index >= 15 is 0 Å². The first-order valence-corrected chi connectivity index (χ1v) is 8.51. The minimum absolute atomic E-state index is 0.127. The third-order valence-corrected chi connectivity index (χ3v) is 3.46. The monoisotopic (exact) mass is 335 g/mol. The number of hydrogen-bond acceptors (Lipinski definition) is 5. The number of rotatable bonds is 11. The molecule has 0 aliphatic carbocycles. The number of benzene rings is 1. The van der Waals surface area contributed by atoms with Crippen LogP contribution in [0.2, 0.25) is 0 Å². The average Bonchev–Trinajstić information content (AvgIpc) is 2.59. The van der Waals surface area contributed by atoms with Gasteiger partial charge >= 0.3 is 5.97 Å². The van der Waals surface area contributed by atoms with E-state index < -0.39 is 6.29 Å². The van der Waals surface area contributed by atoms with E-state index in [4.69, 9.17) is 14.2 Å². The fourth-order valence-electron chi connectivity index (χ4n) is 2.27. The number of hydrogen-bond donors (Lipinski definition) is 1. The van der Waals surface area contributed by atoms with Gasteiger partial charge in [0.2, 0.25) is 0 Å². The standard InChI is InChI=1S/C19H29NO4/c1-5-22-18(21)13-17(15(4)19(23-6-2)24-7-3)20-14-16-11-9-8-10-12-16/h8-13,15,19-20H,5-7,14H2,1-4H3/b17-13-. The van der Waals surface area contributed by atoms with Crippen molar-refractivity contribution in [3.05, 3.63) is 47.7 Å². The Kier molecular flexibility index (Phi) is 9.80. The van der Waals surface area contributed by atoms with Gasteiger partial charge in [0.25, 0.3) is 0 Å². The molecule has 1 aromatic rings. The van der Waals surface area contributed by atoms with Gasteiger partial charge in [-0.25, -0.2) is 4.79 Å². The SMILES string of the molecule is CCOC(=O)/C=C(\NCc1ccccc1)C(C)C(OCC)OCC. The van der Waals surface area contributed by atoms with E-state index in [9.17, 15) is 4.79 Å². The minimum Gasteiger partial charge on any atom is -0.463 e. The van der Waals surface area contributed by atoms with Crippen molar-refractivity contribution in [3.63, 3.8) is 0 Å². The lowest BCUT2D eigenvalue weighted by Crippen LogP contribution is -2.32. The van der Waals surface area contributed by atoms with Crippen molar-refractivity contribution in [1.29, 1.82) is 0 Å². The van der Waals surface area contributed by atoms with E-state index in [1.807, 2.05) is 51.1 Å². The van der Waals surface area contributed by atoms with E-state index in [2.05, 4.69) is 5.32 Å². The molecule has 1 rings (SSSR count). The summed E-state index contributed by atoms with van der Waals surface area (Å²) in [4.78, 5) is 11.9. The molecule has 0 radical (unpaired) electrons. The maximum atomic E-state index is 11.9. The van der Waals surface area contributed by atoms with Crippen molar-refractivity contribution in [3.8, 4) is 0 Å². The molecule has 0 fully saturated rings. The second-order valence-corrected chi connectivity index (χ2v) is 5.26. The van der Waals surface area contributed by atoms with Gasteiger partial charge in [-0.05, 0) is 26.3 Å². The molecule has 0 bridgehead atoms. The Morgan fingerprint density at radius 3 is 2.25 bits per heavy atom. The third kappa shape index (κ3) is 7.15. The third-order valence-electron chi connectivity index (χ3n) is 3.46. The maximum absolute atomic E-state index is 11.9. The number of ether oxygens (including phenoxy) is 3. The molecule has 0 aliphatic heterocycles. The molecule has 1 aromatic carbocycles. The molecular weight excluding hydrogens is 306 g/mol. The van der Waals surface area contributed by atoms with Gasteiger partial charge in [0.1, 0.15) is 0 Å². The maximum Gasteiger partial charge on any atom is 0.332 e. The van der Waals surface area contributed by atoms with Crippen molar-refractivity contribution in [2.75, 3.05) is 19.8 Å². The summed E-state index contributed by atoms with van der Waals surface area (Å²) in [6, 6.07) is 10.0. The Morgan fingerprint density at radius 1 is 1.08 bits per heavy atom. The van der Waals surface area contributed by atoms with Crippen LogP contribution in [0.15, 0.2) is 42.1 Å². The van der Waals surface area contributed by atoms with Gasteiger partial charge in [0, 0.05) is 37.4 Å². The summed E-state index contributed by atoms with van der Waals surface area (Å²) < 4.78 is 16.4. The van der Waals surface area contributed by atoms with Gasteiger partial charge in [0.05, 0.1) is 6.61 Å². The van der Waals surface area contributed by atoms with Crippen LogP contribution < -0.4 is 5.32 Å². The van der Waals surface area contributed by atoms with Crippen LogP contribution in [-0.4, -0.2) is 32.1 Å². The normalized spacial score (nSPS) is 13.0. The van der Waals surface area contributed by atoms with E-state index in [0.29, 0.717) is 26.4 Å². The summed E-state index contributed by atoms with van der Waals surface area (Å²) >= 11 is 0. The summed E-state index contributed by atoms with van der Waals surface area (Å²) in [5.41, 5.74) is 1.87. The summed E-state index contributed by atoms with van der Waals surface area (Å²) in [5.74, 6) is -0.496. The van der Waals surface area contributed by atoms with E-state index in [0.717, 1.165) is 11.3 Å². The molecule has 24 heavy (non-hydrogen) atoms. The van der Waals surface area contributed by atoms with Crippen LogP contribution >= 0.6 is 0 Å². The molecule has 0 saturated heterocycles. The molecule has 0 saturated carbocycles. The molecule has 0 spiro atoms. The highest BCUT2D eigenvalue weighted by Gasteiger charge is 2.23. The predicted molar refractivity (Wildman–Crippen MR) is 94.2 cm³/mol. The second kappa shape index (κ2) is 11.6. The van der Waals surface area contributed by atoms with Crippen molar-refractivity contribution >= 4 is 5.97 Å². The molecule has 134 valence electrons. The molecule has 5 heteroatoms. The minimum atomic E-state index is -0.413. The fraction of sp³-hybridized carbons (Fsp3) is 0.526. The van der Waals surface area contributed by atoms with Gasteiger partial charge in [0.15, 0.2) is 6.29 Å². The lowest BCUT2D eigenvalue weighted by molar-refractivity contribution is -0.157. The topological polar surface area (TPSA) is 56.8 Å². The van der Waals surface area contributed by atoms with E-state index in [1.165, 1.54) is 6.08 Å². The lowest BCUT2D eigenvalue weighted by atomic mass is 10.1. The molecule has 0 aromatic heterocycles. The highest BCUT2D eigenvalue weighted by atomic mass is 16.7. The van der Waals surface area contributed by atoms with Crippen molar-refractivity contribution in [2.24, 2.45) is 5.92 Å². The molecule has 1 unspecified atom stereocenters. The number of carbonyl (C=O) groups is 1. The largest absolute Gasteiger partial charge is 0.463 e. The lowest BCUT2D eigenvalue weighted by Gasteiger charge is -2.26. The van der Waals surface area contributed by atoms with Crippen molar-refractivity contribution in [1.82, 2.24) is 5.32 Å². The zero-order valence-electron chi connectivity index (χ0n) is 15.1.